The van der Waals surface area contributed by atoms with E-state index in [0.717, 1.165) is 46.4 Å². The molecule has 3 aromatic carbocycles. The molecular weight excluding hydrogens is 470 g/mol. The van der Waals surface area contributed by atoms with Gasteiger partial charge in [-0.3, -0.25) is 0 Å². The lowest BCUT2D eigenvalue weighted by atomic mass is 9.98. The van der Waals surface area contributed by atoms with Gasteiger partial charge in [0.25, 0.3) is 6.43 Å². The Morgan fingerprint density at radius 1 is 0.838 bits per heavy atom. The molecule has 37 heavy (non-hydrogen) atoms. The molecule has 5 rings (SSSR count). The van der Waals surface area contributed by atoms with Crippen LogP contribution in [0.1, 0.15) is 37.3 Å². The van der Waals surface area contributed by atoms with Gasteiger partial charge in [0.2, 0.25) is 5.82 Å². The van der Waals surface area contributed by atoms with E-state index in [1.165, 1.54) is 0 Å². The van der Waals surface area contributed by atoms with E-state index in [2.05, 4.69) is 56.7 Å². The van der Waals surface area contributed by atoms with E-state index in [9.17, 15) is 8.78 Å². The predicted molar refractivity (Wildman–Crippen MR) is 140 cm³/mol. The van der Waals surface area contributed by atoms with Crippen molar-refractivity contribution in [2.75, 3.05) is 6.67 Å². The first kappa shape index (κ1) is 24.6. The average Bonchev–Trinajstić information content (AvgIpc) is 3.57. The fraction of sp³-hybridized carbons (Fsp3) is 0.276. The van der Waals surface area contributed by atoms with Crippen molar-refractivity contribution >= 4 is 0 Å². The van der Waals surface area contributed by atoms with E-state index in [1.54, 1.807) is 0 Å². The normalized spacial score (nSPS) is 13.7. The number of halogens is 2. The molecule has 0 aliphatic carbocycles. The zero-order valence-corrected chi connectivity index (χ0v) is 20.8. The number of hydrogen-bond donors (Lipinski definition) is 1. The predicted octanol–water partition coefficient (Wildman–Crippen LogP) is 6.48. The quantitative estimate of drug-likeness (QED) is 0.270. The van der Waals surface area contributed by atoms with E-state index in [-0.39, 0.29) is 5.70 Å². The van der Waals surface area contributed by atoms with Gasteiger partial charge in [-0.15, -0.1) is 10.2 Å². The topological polar surface area (TPSA) is 60.9 Å². The van der Waals surface area contributed by atoms with Crippen molar-refractivity contribution in [1.29, 1.82) is 0 Å². The number of tetrazole rings is 1. The lowest BCUT2D eigenvalue weighted by Crippen LogP contribution is -2.28. The second-order valence-corrected chi connectivity index (χ2v) is 9.24. The fourth-order valence-electron chi connectivity index (χ4n) is 4.91. The van der Waals surface area contributed by atoms with Crippen molar-refractivity contribution in [3.8, 4) is 22.5 Å². The van der Waals surface area contributed by atoms with E-state index in [4.69, 9.17) is 0 Å². The van der Waals surface area contributed by atoms with Crippen LogP contribution < -0.4 is 0 Å². The van der Waals surface area contributed by atoms with Gasteiger partial charge < -0.3 is 9.80 Å². The summed E-state index contributed by atoms with van der Waals surface area (Å²) in [7, 11) is 0. The highest BCUT2D eigenvalue weighted by Crippen LogP contribution is 2.35. The van der Waals surface area contributed by atoms with Gasteiger partial charge in [0.1, 0.15) is 5.70 Å². The monoisotopic (exact) mass is 500 g/mol. The van der Waals surface area contributed by atoms with E-state index in [0.29, 0.717) is 32.0 Å². The van der Waals surface area contributed by atoms with Crippen molar-refractivity contribution in [3.63, 3.8) is 0 Å². The number of benzene rings is 3. The van der Waals surface area contributed by atoms with Crippen molar-refractivity contribution in [2.24, 2.45) is 0 Å². The third-order valence-corrected chi connectivity index (χ3v) is 6.70. The molecule has 0 amide bonds. The first-order chi connectivity index (χ1) is 18.1. The molecule has 190 valence electrons. The molecule has 0 unspecified atom stereocenters. The number of nitrogens with one attached hydrogen (secondary N) is 1. The zero-order chi connectivity index (χ0) is 25.6. The number of allylic oxidation sites excluding steroid dienone is 2. The smallest absolute Gasteiger partial charge is 0.279 e. The van der Waals surface area contributed by atoms with Gasteiger partial charge in [-0.2, -0.15) is 5.21 Å². The standard InChI is InChI=1S/C29H30F2N6/c1-2-3-13-26-27(28(30)31)37(19-21-9-5-4-6-10-21)20-36(26)18-22-14-16-23(17-15-22)24-11-7-8-12-25(24)29-32-34-35-33-29/h4-12,14-17,28H,2-3,13,18-20H2,1H3,(H,32,33,34,35). The maximum atomic E-state index is 14.3. The summed E-state index contributed by atoms with van der Waals surface area (Å²) in [6, 6.07) is 26.0. The number of aromatic nitrogens is 4. The second kappa shape index (κ2) is 11.3. The Bertz CT molecular complexity index is 1320. The molecule has 1 aliphatic rings. The van der Waals surface area contributed by atoms with Crippen molar-refractivity contribution in [1.82, 2.24) is 30.4 Å². The number of rotatable bonds is 10. The van der Waals surface area contributed by atoms with E-state index < -0.39 is 6.43 Å². The Morgan fingerprint density at radius 3 is 2.19 bits per heavy atom. The first-order valence-corrected chi connectivity index (χ1v) is 12.6. The molecule has 1 N–H and O–H groups in total. The molecule has 0 radical (unpaired) electrons. The van der Waals surface area contributed by atoms with Gasteiger partial charge in [0.15, 0.2) is 0 Å². The second-order valence-electron chi connectivity index (χ2n) is 9.24. The van der Waals surface area contributed by atoms with Crippen molar-refractivity contribution in [3.05, 3.63) is 101 Å². The van der Waals surface area contributed by atoms with Gasteiger partial charge in [-0.25, -0.2) is 8.78 Å². The van der Waals surface area contributed by atoms with Crippen LogP contribution in [0, 0.1) is 0 Å². The Balaban J connectivity index is 1.39. The highest BCUT2D eigenvalue weighted by atomic mass is 19.3. The Morgan fingerprint density at radius 2 is 1.51 bits per heavy atom. The maximum absolute atomic E-state index is 14.3. The molecular formula is C29H30F2N6. The maximum Gasteiger partial charge on any atom is 0.279 e. The summed E-state index contributed by atoms with van der Waals surface area (Å²) in [5.74, 6) is 0.542. The van der Waals surface area contributed by atoms with Crippen LogP contribution in [0.5, 0.6) is 0 Å². The van der Waals surface area contributed by atoms with Gasteiger partial charge in [-0.05, 0) is 40.3 Å². The van der Waals surface area contributed by atoms with E-state index >= 15 is 0 Å². The van der Waals surface area contributed by atoms with Crippen molar-refractivity contribution < 1.29 is 8.78 Å². The Kier molecular flexibility index (Phi) is 7.54. The summed E-state index contributed by atoms with van der Waals surface area (Å²) in [4.78, 5) is 3.95. The van der Waals surface area contributed by atoms with E-state index in [1.807, 2.05) is 59.5 Å². The number of hydrogen-bond acceptors (Lipinski definition) is 5. The van der Waals surface area contributed by atoms with Crippen molar-refractivity contribution in [2.45, 2.75) is 45.7 Å². The lowest BCUT2D eigenvalue weighted by molar-refractivity contribution is 0.135. The molecule has 0 fully saturated rings. The number of H-pyrrole nitrogens is 1. The lowest BCUT2D eigenvalue weighted by Gasteiger charge is -2.25. The fourth-order valence-corrected chi connectivity index (χ4v) is 4.91. The van der Waals surface area contributed by atoms with Crippen LogP contribution in [0.3, 0.4) is 0 Å². The molecule has 0 spiro atoms. The van der Waals surface area contributed by atoms with Crippen LogP contribution in [0.15, 0.2) is 90.3 Å². The van der Waals surface area contributed by atoms with Gasteiger partial charge >= 0.3 is 0 Å². The molecule has 6 nitrogen and oxygen atoms in total. The summed E-state index contributed by atoms with van der Waals surface area (Å²) in [5, 5.41) is 14.4. The third kappa shape index (κ3) is 5.53. The summed E-state index contributed by atoms with van der Waals surface area (Å²) < 4.78 is 28.7. The number of alkyl halides is 2. The third-order valence-electron chi connectivity index (χ3n) is 6.70. The van der Waals surface area contributed by atoms with Crippen LogP contribution in [0.2, 0.25) is 0 Å². The number of unbranched alkanes of at least 4 members (excludes halogenated alkanes) is 1. The van der Waals surface area contributed by atoms with Gasteiger partial charge in [0, 0.05) is 24.4 Å². The Hall–Kier alpha value is -4.07. The first-order valence-electron chi connectivity index (χ1n) is 12.6. The molecule has 0 saturated carbocycles. The summed E-state index contributed by atoms with van der Waals surface area (Å²) in [6.07, 6.45) is -0.0179. The number of nitrogens with zero attached hydrogens (tertiary/aromatic N) is 5. The molecule has 0 bridgehead atoms. The minimum atomic E-state index is -2.51. The SMILES string of the molecule is CCCCC1=C(C(F)F)N(Cc2ccccc2)CN1Cc1ccc(-c2ccccc2-c2nn[nH]n2)cc1. The van der Waals surface area contributed by atoms with Crippen LogP contribution in [0.25, 0.3) is 22.5 Å². The minimum Gasteiger partial charge on any atom is -0.351 e. The van der Waals surface area contributed by atoms with Gasteiger partial charge in [-0.1, -0.05) is 92.2 Å². The van der Waals surface area contributed by atoms with Crippen LogP contribution >= 0.6 is 0 Å². The highest BCUT2D eigenvalue weighted by molar-refractivity contribution is 5.80. The van der Waals surface area contributed by atoms with Gasteiger partial charge in [0.05, 0.1) is 6.67 Å². The molecule has 0 saturated heterocycles. The Labute approximate surface area is 215 Å². The largest absolute Gasteiger partial charge is 0.351 e. The number of aromatic amines is 1. The minimum absolute atomic E-state index is 0.169. The summed E-state index contributed by atoms with van der Waals surface area (Å²) >= 11 is 0. The van der Waals surface area contributed by atoms with Crippen LogP contribution in [-0.2, 0) is 13.1 Å². The molecule has 1 aromatic heterocycles. The molecule has 0 atom stereocenters. The zero-order valence-electron chi connectivity index (χ0n) is 20.8. The summed E-state index contributed by atoms with van der Waals surface area (Å²) in [5.41, 5.74) is 5.97. The average molecular weight is 501 g/mol. The molecule has 8 heteroatoms. The molecule has 4 aromatic rings. The molecule has 1 aliphatic heterocycles. The summed E-state index contributed by atoms with van der Waals surface area (Å²) in [6.45, 7) is 3.59. The highest BCUT2D eigenvalue weighted by Gasteiger charge is 2.33. The molecule has 2 heterocycles. The van der Waals surface area contributed by atoms with Crippen LogP contribution in [0.4, 0.5) is 8.78 Å². The van der Waals surface area contributed by atoms with Crippen LogP contribution in [-0.4, -0.2) is 43.5 Å².